The maximum atomic E-state index is 11.5. The normalized spacial score (nSPS) is 12.2. The van der Waals surface area contributed by atoms with E-state index in [1.165, 1.54) is 0 Å². The van der Waals surface area contributed by atoms with Crippen LogP contribution in [0.2, 0.25) is 0 Å². The molecular weight excluding hydrogens is 216 g/mol. The van der Waals surface area contributed by atoms with Gasteiger partial charge in [-0.3, -0.25) is 0 Å². The summed E-state index contributed by atoms with van der Waals surface area (Å²) in [6.07, 6.45) is -0.372. The molecular formula is C13H20N2O2. The second-order valence-electron chi connectivity index (χ2n) is 4.37. The second kappa shape index (κ2) is 6.91. The zero-order valence-corrected chi connectivity index (χ0v) is 10.6. The lowest BCUT2D eigenvalue weighted by atomic mass is 10.2. The number of nitrogens with one attached hydrogen (secondary N) is 1. The Morgan fingerprint density at radius 3 is 2.59 bits per heavy atom. The van der Waals surface area contributed by atoms with Crippen molar-refractivity contribution in [3.05, 3.63) is 35.9 Å². The van der Waals surface area contributed by atoms with Gasteiger partial charge in [0, 0.05) is 12.6 Å². The summed E-state index contributed by atoms with van der Waals surface area (Å²) in [5.41, 5.74) is 0.989. The van der Waals surface area contributed by atoms with Gasteiger partial charge in [-0.1, -0.05) is 30.3 Å². The molecule has 4 nitrogen and oxygen atoms in total. The van der Waals surface area contributed by atoms with Crippen LogP contribution in [0.5, 0.6) is 0 Å². The van der Waals surface area contributed by atoms with Crippen LogP contribution in [0.4, 0.5) is 4.79 Å². The molecule has 0 spiro atoms. The van der Waals surface area contributed by atoms with E-state index in [2.05, 4.69) is 5.32 Å². The molecule has 0 saturated carbocycles. The molecule has 1 aromatic carbocycles. The topological polar surface area (TPSA) is 41.6 Å². The molecule has 0 saturated heterocycles. The minimum Gasteiger partial charge on any atom is -0.445 e. The van der Waals surface area contributed by atoms with Gasteiger partial charge in [-0.05, 0) is 26.6 Å². The largest absolute Gasteiger partial charge is 0.445 e. The number of likely N-dealkylation sites (N-methyl/N-ethyl adjacent to an activating group) is 1. The van der Waals surface area contributed by atoms with Gasteiger partial charge in [-0.2, -0.15) is 0 Å². The number of hydrogen-bond donors (Lipinski definition) is 1. The zero-order valence-electron chi connectivity index (χ0n) is 10.6. The molecule has 0 aromatic heterocycles. The smallest absolute Gasteiger partial charge is 0.407 e. The summed E-state index contributed by atoms with van der Waals surface area (Å²) in [4.78, 5) is 13.5. The number of rotatable bonds is 5. The Morgan fingerprint density at radius 2 is 2.00 bits per heavy atom. The van der Waals surface area contributed by atoms with Crippen molar-refractivity contribution in [3.8, 4) is 0 Å². The van der Waals surface area contributed by atoms with Crippen LogP contribution in [0.15, 0.2) is 30.3 Å². The molecule has 0 unspecified atom stereocenters. The van der Waals surface area contributed by atoms with Crippen LogP contribution in [0, 0.1) is 0 Å². The van der Waals surface area contributed by atoms with Gasteiger partial charge in [0.25, 0.3) is 0 Å². The molecule has 1 rings (SSSR count). The van der Waals surface area contributed by atoms with E-state index in [-0.39, 0.29) is 12.1 Å². The molecule has 0 aliphatic carbocycles. The minimum absolute atomic E-state index is 0.0771. The summed E-state index contributed by atoms with van der Waals surface area (Å²) in [6, 6.07) is 9.71. The third-order valence-electron chi connectivity index (χ3n) is 2.22. The summed E-state index contributed by atoms with van der Waals surface area (Å²) in [7, 11) is 3.93. The van der Waals surface area contributed by atoms with Crippen molar-refractivity contribution in [3.63, 3.8) is 0 Å². The molecule has 4 heteroatoms. The van der Waals surface area contributed by atoms with Crippen molar-refractivity contribution < 1.29 is 9.53 Å². The van der Waals surface area contributed by atoms with E-state index in [9.17, 15) is 4.79 Å². The van der Waals surface area contributed by atoms with Crippen molar-refractivity contribution in [2.75, 3.05) is 20.6 Å². The number of carbonyl (C=O) groups is 1. The molecule has 0 radical (unpaired) electrons. The molecule has 0 aliphatic rings. The van der Waals surface area contributed by atoms with Crippen LogP contribution in [0.1, 0.15) is 12.5 Å². The van der Waals surface area contributed by atoms with E-state index >= 15 is 0 Å². The monoisotopic (exact) mass is 236 g/mol. The first-order valence-electron chi connectivity index (χ1n) is 5.70. The van der Waals surface area contributed by atoms with Crippen LogP contribution >= 0.6 is 0 Å². The maximum absolute atomic E-state index is 11.5. The first kappa shape index (κ1) is 13.5. The fourth-order valence-electron chi connectivity index (χ4n) is 1.56. The van der Waals surface area contributed by atoms with Gasteiger partial charge in [-0.25, -0.2) is 4.79 Å². The van der Waals surface area contributed by atoms with Crippen molar-refractivity contribution in [2.24, 2.45) is 0 Å². The van der Waals surface area contributed by atoms with Gasteiger partial charge in [0.1, 0.15) is 6.61 Å². The minimum atomic E-state index is -0.372. The average Bonchev–Trinajstić information content (AvgIpc) is 2.26. The molecule has 0 heterocycles. The van der Waals surface area contributed by atoms with Gasteiger partial charge in [-0.15, -0.1) is 0 Å². The molecule has 0 aliphatic heterocycles. The van der Waals surface area contributed by atoms with Gasteiger partial charge >= 0.3 is 6.09 Å². The predicted octanol–water partition coefficient (Wildman–Crippen LogP) is 1.86. The van der Waals surface area contributed by atoms with E-state index in [4.69, 9.17) is 4.74 Å². The Labute approximate surface area is 103 Å². The first-order chi connectivity index (χ1) is 8.08. The third kappa shape index (κ3) is 5.92. The summed E-state index contributed by atoms with van der Waals surface area (Å²) in [5, 5.41) is 2.78. The van der Waals surface area contributed by atoms with Crippen molar-refractivity contribution in [1.29, 1.82) is 0 Å². The molecule has 0 fully saturated rings. The Balaban J connectivity index is 2.26. The van der Waals surface area contributed by atoms with Crippen LogP contribution < -0.4 is 5.32 Å². The van der Waals surface area contributed by atoms with Crippen LogP contribution in [0.25, 0.3) is 0 Å². The van der Waals surface area contributed by atoms with E-state index in [1.54, 1.807) is 0 Å². The summed E-state index contributed by atoms with van der Waals surface area (Å²) in [5.74, 6) is 0. The average molecular weight is 236 g/mol. The Hall–Kier alpha value is -1.55. The molecule has 1 aromatic rings. The summed E-state index contributed by atoms with van der Waals surface area (Å²) < 4.78 is 5.11. The van der Waals surface area contributed by atoms with Gasteiger partial charge in [0.05, 0.1) is 0 Å². The molecule has 94 valence electrons. The van der Waals surface area contributed by atoms with E-state index in [0.29, 0.717) is 6.61 Å². The summed E-state index contributed by atoms with van der Waals surface area (Å²) >= 11 is 0. The van der Waals surface area contributed by atoms with Crippen molar-refractivity contribution in [2.45, 2.75) is 19.6 Å². The number of benzene rings is 1. The Bertz CT molecular complexity index is 339. The standard InChI is InChI=1S/C13H20N2O2/c1-11(9-15(2)3)14-13(16)17-10-12-7-5-4-6-8-12/h4-8,11H,9-10H2,1-3H3,(H,14,16)/t11-/m1/s1. The number of alkyl carbamates (subject to hydrolysis) is 1. The highest BCUT2D eigenvalue weighted by Crippen LogP contribution is 2.00. The van der Waals surface area contributed by atoms with Gasteiger partial charge in [0.2, 0.25) is 0 Å². The molecule has 1 N–H and O–H groups in total. The second-order valence-corrected chi connectivity index (χ2v) is 4.37. The highest BCUT2D eigenvalue weighted by molar-refractivity contribution is 5.67. The van der Waals surface area contributed by atoms with E-state index < -0.39 is 0 Å². The summed E-state index contributed by atoms with van der Waals surface area (Å²) in [6.45, 7) is 3.05. The SMILES string of the molecule is C[C@H](CN(C)C)NC(=O)OCc1ccccc1. The Kier molecular flexibility index (Phi) is 5.49. The van der Waals surface area contributed by atoms with E-state index in [1.807, 2.05) is 56.3 Å². The number of amides is 1. The number of carbonyl (C=O) groups excluding carboxylic acids is 1. The molecule has 1 atom stereocenters. The molecule has 0 bridgehead atoms. The van der Waals surface area contributed by atoms with Crippen LogP contribution in [-0.2, 0) is 11.3 Å². The number of ether oxygens (including phenoxy) is 1. The molecule has 17 heavy (non-hydrogen) atoms. The highest BCUT2D eigenvalue weighted by atomic mass is 16.5. The van der Waals surface area contributed by atoms with E-state index in [0.717, 1.165) is 12.1 Å². The van der Waals surface area contributed by atoms with Gasteiger partial charge in [0.15, 0.2) is 0 Å². The maximum Gasteiger partial charge on any atom is 0.407 e. The highest BCUT2D eigenvalue weighted by Gasteiger charge is 2.08. The van der Waals surface area contributed by atoms with Crippen LogP contribution in [-0.4, -0.2) is 37.7 Å². The lowest BCUT2D eigenvalue weighted by molar-refractivity contribution is 0.134. The third-order valence-corrected chi connectivity index (χ3v) is 2.22. The number of hydrogen-bond acceptors (Lipinski definition) is 3. The lowest BCUT2D eigenvalue weighted by Crippen LogP contribution is -2.39. The first-order valence-corrected chi connectivity index (χ1v) is 5.70. The molecule has 1 amide bonds. The lowest BCUT2D eigenvalue weighted by Gasteiger charge is -2.18. The number of nitrogens with zero attached hydrogens (tertiary/aromatic N) is 1. The van der Waals surface area contributed by atoms with Gasteiger partial charge < -0.3 is 15.0 Å². The van der Waals surface area contributed by atoms with Crippen LogP contribution in [0.3, 0.4) is 0 Å². The zero-order chi connectivity index (χ0) is 12.7. The fraction of sp³-hybridized carbons (Fsp3) is 0.462. The Morgan fingerprint density at radius 1 is 1.35 bits per heavy atom. The fourth-order valence-corrected chi connectivity index (χ4v) is 1.56. The van der Waals surface area contributed by atoms with Crippen molar-refractivity contribution in [1.82, 2.24) is 10.2 Å². The predicted molar refractivity (Wildman–Crippen MR) is 67.8 cm³/mol. The quantitative estimate of drug-likeness (QED) is 0.848. The van der Waals surface area contributed by atoms with Crippen molar-refractivity contribution >= 4 is 6.09 Å².